The average Bonchev–Trinajstić information content (AvgIpc) is 3.90. The Bertz CT molecular complexity index is 2890. The molecule has 0 bridgehead atoms. The molecule has 8 aromatic carbocycles. The number of rotatable bonds is 20. The molecule has 2 aliphatic carbocycles. The highest BCUT2D eigenvalue weighted by Gasteiger charge is 2.47. The second-order valence-corrected chi connectivity index (χ2v) is 19.0. The molecule has 0 spiro atoms. The monoisotopic (exact) mass is 968 g/mol. The van der Waals surface area contributed by atoms with E-state index in [0.29, 0.717) is 37.9 Å². The van der Waals surface area contributed by atoms with Gasteiger partial charge in [0.25, 0.3) is 0 Å². The topological polar surface area (TPSA) is 89.5 Å². The molecule has 0 amide bonds. The molecule has 0 saturated heterocycles. The van der Waals surface area contributed by atoms with Crippen molar-refractivity contribution in [3.63, 3.8) is 0 Å². The van der Waals surface area contributed by atoms with Gasteiger partial charge in [0.05, 0.1) is 50.5 Å². The van der Waals surface area contributed by atoms with Gasteiger partial charge in [-0.1, -0.05) is 159 Å². The lowest BCUT2D eigenvalue weighted by atomic mass is 9.68. The van der Waals surface area contributed by atoms with Crippen LogP contribution in [0.25, 0.3) is 22.3 Å². The van der Waals surface area contributed by atoms with E-state index in [9.17, 15) is 9.59 Å². The summed E-state index contributed by atoms with van der Waals surface area (Å²) in [4.78, 5) is 25.5. The van der Waals surface area contributed by atoms with Gasteiger partial charge in [0.2, 0.25) is 0 Å². The van der Waals surface area contributed by atoms with E-state index < -0.39 is 29.2 Å². The normalized spacial score (nSPS) is 14.1. The molecule has 0 N–H and O–H groups in total. The molecule has 0 aliphatic heterocycles. The molecule has 368 valence electrons. The highest BCUT2D eigenvalue weighted by atomic mass is 16.6. The first-order valence-corrected chi connectivity index (χ1v) is 25.4. The predicted octanol–water partition coefficient (Wildman–Crippen LogP) is 13.4. The maximum Gasteiger partial charge on any atom is 0.317 e. The number of hydrogen-bond donors (Lipinski definition) is 0. The van der Waals surface area contributed by atoms with Gasteiger partial charge in [0, 0.05) is 11.8 Å². The number of fused-ring (bicyclic) bond motifs is 6. The molecule has 2 atom stereocenters. The lowest BCUT2D eigenvalue weighted by molar-refractivity contribution is -0.156. The fourth-order valence-corrected chi connectivity index (χ4v) is 10.8. The smallest absolute Gasteiger partial charge is 0.317 e. The lowest BCUT2D eigenvalue weighted by Crippen LogP contribution is -2.28. The van der Waals surface area contributed by atoms with Crippen molar-refractivity contribution in [2.75, 3.05) is 39.6 Å². The molecule has 73 heavy (non-hydrogen) atoms. The van der Waals surface area contributed by atoms with Gasteiger partial charge in [0.1, 0.15) is 29.4 Å². The third-order valence-electron chi connectivity index (χ3n) is 14.1. The zero-order chi connectivity index (χ0) is 50.4. The van der Waals surface area contributed by atoms with Crippen molar-refractivity contribution < 1.29 is 38.0 Å². The number of esters is 2. The zero-order valence-corrected chi connectivity index (χ0v) is 41.8. The Labute approximate surface area is 428 Å². The Kier molecular flexibility index (Phi) is 14.2. The van der Waals surface area contributed by atoms with E-state index >= 15 is 0 Å². The molecule has 0 fully saturated rings. The van der Waals surface area contributed by atoms with Gasteiger partial charge in [-0.3, -0.25) is 9.59 Å². The molecular formula is C65H60O8. The van der Waals surface area contributed by atoms with Crippen LogP contribution in [0.3, 0.4) is 0 Å². The summed E-state index contributed by atoms with van der Waals surface area (Å²) in [6.07, 6.45) is -0.477. The summed E-state index contributed by atoms with van der Waals surface area (Å²) in [5, 5.41) is 0. The summed E-state index contributed by atoms with van der Waals surface area (Å²) < 4.78 is 35.0. The van der Waals surface area contributed by atoms with E-state index in [1.165, 1.54) is 44.5 Å². The fraction of sp³-hybridized carbons (Fsp3) is 0.231. The van der Waals surface area contributed by atoms with Gasteiger partial charge in [-0.2, -0.15) is 0 Å². The minimum atomic E-state index is -0.641. The molecule has 2 unspecified atom stereocenters. The van der Waals surface area contributed by atoms with E-state index in [2.05, 4.69) is 146 Å². The number of hydrogen-bond acceptors (Lipinski definition) is 8. The SMILES string of the molecule is CCOc1ccc(C2(c3ccc(OCC(C)COC(=O)CC(=O)OCC(C)COc4ccc(C5(c6ccc(OCC)cc6)c6ccccc6-c6ccccc65)cc4)cc3)c3ccccc3-c3ccccc32)cc1. The minimum Gasteiger partial charge on any atom is -0.494 e. The predicted molar refractivity (Wildman–Crippen MR) is 286 cm³/mol. The van der Waals surface area contributed by atoms with E-state index in [4.69, 9.17) is 28.4 Å². The Morgan fingerprint density at radius 3 is 0.890 bits per heavy atom. The molecule has 0 radical (unpaired) electrons. The van der Waals surface area contributed by atoms with Crippen LogP contribution in [0.15, 0.2) is 194 Å². The Hall–Kier alpha value is -8.10. The third kappa shape index (κ3) is 9.34. The van der Waals surface area contributed by atoms with Crippen LogP contribution in [-0.2, 0) is 29.9 Å². The van der Waals surface area contributed by atoms with Crippen molar-refractivity contribution in [1.29, 1.82) is 0 Å². The summed E-state index contributed by atoms with van der Waals surface area (Å²) in [5.74, 6) is 1.55. The van der Waals surface area contributed by atoms with Crippen molar-refractivity contribution in [3.8, 4) is 45.3 Å². The first-order valence-electron chi connectivity index (χ1n) is 25.4. The van der Waals surface area contributed by atoms with Crippen LogP contribution in [-0.4, -0.2) is 51.6 Å². The molecule has 8 nitrogen and oxygen atoms in total. The number of ether oxygens (including phenoxy) is 6. The molecule has 0 aromatic heterocycles. The van der Waals surface area contributed by atoms with Gasteiger partial charge in [-0.05, 0) is 129 Å². The largest absolute Gasteiger partial charge is 0.494 e. The Balaban J connectivity index is 0.709. The first-order chi connectivity index (χ1) is 35.7. The molecular weight excluding hydrogens is 909 g/mol. The summed E-state index contributed by atoms with van der Waals surface area (Å²) in [6.45, 7) is 9.90. The van der Waals surface area contributed by atoms with Gasteiger partial charge < -0.3 is 28.4 Å². The lowest BCUT2D eigenvalue weighted by Gasteiger charge is -2.34. The Morgan fingerprint density at radius 2 is 0.616 bits per heavy atom. The van der Waals surface area contributed by atoms with Crippen LogP contribution in [0.1, 0.15) is 78.6 Å². The van der Waals surface area contributed by atoms with Crippen molar-refractivity contribution >= 4 is 11.9 Å². The average molecular weight is 969 g/mol. The van der Waals surface area contributed by atoms with Crippen LogP contribution in [0, 0.1) is 11.8 Å². The summed E-state index contributed by atoms with van der Waals surface area (Å²) in [6, 6.07) is 68.0. The number of carbonyl (C=O) groups excluding carboxylic acids is 2. The highest BCUT2D eigenvalue weighted by molar-refractivity contribution is 5.91. The van der Waals surface area contributed by atoms with Crippen LogP contribution >= 0.6 is 0 Å². The standard InChI is InChI=1S/C65H60O8/c1-5-68-50-31-23-46(24-32-50)64(58-19-11-7-15-54(58)55-16-8-12-20-59(55)64)48-27-35-52(36-28-48)70-40-44(3)42-72-62(66)39-63(67)73-43-45(4)41-71-53-37-29-49(30-38-53)65(47-25-33-51(34-26-47)69-6-2)60-21-13-9-17-56(60)57-18-10-14-22-61(57)65/h7-38,44-45H,5-6,39-43H2,1-4H3. The molecule has 10 rings (SSSR count). The zero-order valence-electron chi connectivity index (χ0n) is 41.8. The van der Waals surface area contributed by atoms with Gasteiger partial charge in [0.15, 0.2) is 0 Å². The molecule has 0 saturated carbocycles. The Morgan fingerprint density at radius 1 is 0.356 bits per heavy atom. The summed E-state index contributed by atoms with van der Waals surface area (Å²) >= 11 is 0. The van der Waals surface area contributed by atoms with Crippen molar-refractivity contribution in [1.82, 2.24) is 0 Å². The van der Waals surface area contributed by atoms with E-state index in [-0.39, 0.29) is 25.0 Å². The van der Waals surface area contributed by atoms with Crippen LogP contribution in [0.5, 0.6) is 23.0 Å². The van der Waals surface area contributed by atoms with Crippen LogP contribution in [0.4, 0.5) is 0 Å². The molecule has 2 aliphatic rings. The maximum atomic E-state index is 12.7. The first kappa shape index (κ1) is 48.5. The number of carbonyl (C=O) groups is 2. The van der Waals surface area contributed by atoms with E-state index in [0.717, 1.165) is 33.8 Å². The quantitative estimate of drug-likeness (QED) is 0.0551. The minimum absolute atomic E-state index is 0.0992. The molecule has 8 aromatic rings. The fourth-order valence-electron chi connectivity index (χ4n) is 10.8. The maximum absolute atomic E-state index is 12.7. The summed E-state index contributed by atoms with van der Waals surface area (Å²) in [7, 11) is 0. The van der Waals surface area contributed by atoms with E-state index in [1.807, 2.05) is 76.2 Å². The van der Waals surface area contributed by atoms with Crippen LogP contribution < -0.4 is 18.9 Å². The van der Waals surface area contributed by atoms with Crippen LogP contribution in [0.2, 0.25) is 0 Å². The molecule has 8 heteroatoms. The summed E-state index contributed by atoms with van der Waals surface area (Å²) in [5.41, 5.74) is 13.2. The highest BCUT2D eigenvalue weighted by Crippen LogP contribution is 2.58. The van der Waals surface area contributed by atoms with E-state index in [1.54, 1.807) is 0 Å². The van der Waals surface area contributed by atoms with Crippen molar-refractivity contribution in [2.24, 2.45) is 11.8 Å². The van der Waals surface area contributed by atoms with Gasteiger partial charge in [-0.15, -0.1) is 0 Å². The van der Waals surface area contributed by atoms with Crippen molar-refractivity contribution in [2.45, 2.75) is 44.9 Å². The molecule has 0 heterocycles. The van der Waals surface area contributed by atoms with Gasteiger partial charge >= 0.3 is 11.9 Å². The second-order valence-electron chi connectivity index (χ2n) is 19.0. The second kappa shape index (κ2) is 21.3. The van der Waals surface area contributed by atoms with Gasteiger partial charge in [-0.25, -0.2) is 0 Å². The van der Waals surface area contributed by atoms with Crippen molar-refractivity contribution in [3.05, 3.63) is 239 Å². The number of benzene rings is 8. The third-order valence-corrected chi connectivity index (χ3v) is 14.1.